The molecule has 4 aliphatic rings. The number of hydrogen-bond acceptors (Lipinski definition) is 6. The highest BCUT2D eigenvalue weighted by atomic mass is 16.2. The Bertz CT molecular complexity index is 1130. The Kier molecular flexibility index (Phi) is 14.5. The van der Waals surface area contributed by atoms with Gasteiger partial charge in [0.1, 0.15) is 5.69 Å². The highest BCUT2D eigenvalue weighted by Gasteiger charge is 2.31. The second kappa shape index (κ2) is 18.0. The van der Waals surface area contributed by atoms with Crippen molar-refractivity contribution in [2.24, 2.45) is 24.8 Å². The fourth-order valence-corrected chi connectivity index (χ4v) is 6.87. The van der Waals surface area contributed by atoms with Crippen LogP contribution in [-0.4, -0.2) is 46.1 Å². The van der Waals surface area contributed by atoms with Gasteiger partial charge in [0, 0.05) is 38.1 Å². The van der Waals surface area contributed by atoms with Crippen LogP contribution in [0, 0.1) is 23.2 Å². The maximum absolute atomic E-state index is 12.6. The zero-order chi connectivity index (χ0) is 32.1. The number of aromatic nitrogens is 2. The molecule has 0 aromatic carbocycles. The monoisotopic (exact) mass is 609 g/mol. The van der Waals surface area contributed by atoms with E-state index in [0.29, 0.717) is 23.4 Å². The zero-order valence-electron chi connectivity index (χ0n) is 28.2. The smallest absolute Gasteiger partial charge is 0.270 e. The minimum atomic E-state index is -0.0576. The second-order valence-corrected chi connectivity index (χ2v) is 13.3. The maximum Gasteiger partial charge on any atom is 0.270 e. The first-order valence-electron chi connectivity index (χ1n) is 17.1. The molecule has 2 aliphatic carbocycles. The Morgan fingerprint density at radius 3 is 2.20 bits per heavy atom. The lowest BCUT2D eigenvalue weighted by Crippen LogP contribution is -2.46. The summed E-state index contributed by atoms with van der Waals surface area (Å²) < 4.78 is 1.62. The van der Waals surface area contributed by atoms with Gasteiger partial charge < -0.3 is 26.7 Å². The van der Waals surface area contributed by atoms with Crippen molar-refractivity contribution in [3.8, 4) is 0 Å². The third-order valence-electron chi connectivity index (χ3n) is 9.59. The van der Waals surface area contributed by atoms with Gasteiger partial charge in [-0.3, -0.25) is 14.3 Å². The lowest BCUT2D eigenvalue weighted by molar-refractivity contribution is -0.122. The number of piperidine rings is 1. The summed E-state index contributed by atoms with van der Waals surface area (Å²) >= 11 is 0. The molecular weight excluding hydrogens is 550 g/mol. The van der Waals surface area contributed by atoms with E-state index in [-0.39, 0.29) is 24.0 Å². The van der Waals surface area contributed by atoms with E-state index in [1.807, 2.05) is 13.1 Å². The van der Waals surface area contributed by atoms with Gasteiger partial charge in [-0.25, -0.2) is 0 Å². The van der Waals surface area contributed by atoms with Crippen LogP contribution in [0.2, 0.25) is 0 Å². The van der Waals surface area contributed by atoms with Crippen molar-refractivity contribution < 1.29 is 9.59 Å². The minimum Gasteiger partial charge on any atom is -0.370 e. The topological polar surface area (TPSA) is 124 Å². The first kappa shape index (κ1) is 35.4. The van der Waals surface area contributed by atoms with Crippen molar-refractivity contribution in [1.29, 1.82) is 5.41 Å². The number of nitrogens with one attached hydrogen (secondary N) is 5. The summed E-state index contributed by atoms with van der Waals surface area (Å²) in [6, 6.07) is 1.80. The third-order valence-corrected chi connectivity index (χ3v) is 9.59. The average molecular weight is 610 g/mol. The van der Waals surface area contributed by atoms with Gasteiger partial charge in [0.2, 0.25) is 5.91 Å². The largest absolute Gasteiger partial charge is 0.370 e. The Balaban J connectivity index is 0.000000205. The number of carbonyl (C=O) groups is 2. The molecule has 1 aromatic rings. The second-order valence-electron chi connectivity index (χ2n) is 13.3. The molecule has 5 rings (SSSR count). The fourth-order valence-electron chi connectivity index (χ4n) is 6.87. The van der Waals surface area contributed by atoms with Crippen molar-refractivity contribution in [3.05, 3.63) is 41.0 Å². The average Bonchev–Trinajstić information content (AvgIpc) is 3.66. The summed E-state index contributed by atoms with van der Waals surface area (Å²) in [5.74, 6) is 2.03. The molecule has 44 heavy (non-hydrogen) atoms. The predicted molar refractivity (Wildman–Crippen MR) is 179 cm³/mol. The van der Waals surface area contributed by atoms with Gasteiger partial charge in [0.15, 0.2) is 0 Å². The molecule has 1 saturated heterocycles. The van der Waals surface area contributed by atoms with Crippen LogP contribution >= 0.6 is 0 Å². The molecule has 0 bridgehead atoms. The van der Waals surface area contributed by atoms with Crippen LogP contribution in [0.25, 0.3) is 0 Å². The van der Waals surface area contributed by atoms with E-state index in [1.165, 1.54) is 75.4 Å². The van der Waals surface area contributed by atoms with Gasteiger partial charge >= 0.3 is 0 Å². The number of nitrogens with zero attached hydrogens (tertiary/aromatic N) is 2. The Hall–Kier alpha value is -3.10. The summed E-state index contributed by atoms with van der Waals surface area (Å²) in [5.41, 5.74) is 5.29. The van der Waals surface area contributed by atoms with Crippen LogP contribution in [0.4, 0.5) is 0 Å². The van der Waals surface area contributed by atoms with E-state index in [0.717, 1.165) is 37.2 Å². The van der Waals surface area contributed by atoms with Crippen molar-refractivity contribution >= 4 is 17.5 Å². The molecule has 5 N–H and O–H groups in total. The van der Waals surface area contributed by atoms with Crippen LogP contribution in [0.15, 0.2) is 35.3 Å². The van der Waals surface area contributed by atoms with Crippen molar-refractivity contribution in [2.45, 2.75) is 130 Å². The summed E-state index contributed by atoms with van der Waals surface area (Å²) in [6.07, 6.45) is 19.6. The first-order valence-corrected chi connectivity index (χ1v) is 17.1. The van der Waals surface area contributed by atoms with E-state index in [4.69, 9.17) is 5.41 Å². The number of aryl methyl sites for hydroxylation is 1. The molecule has 246 valence electrons. The zero-order valence-corrected chi connectivity index (χ0v) is 28.2. The van der Waals surface area contributed by atoms with Crippen molar-refractivity contribution in [1.82, 2.24) is 31.0 Å². The predicted octanol–water partition coefficient (Wildman–Crippen LogP) is 6.34. The lowest BCUT2D eigenvalue weighted by Gasteiger charge is -2.32. The maximum atomic E-state index is 12.6. The number of rotatable bonds is 7. The van der Waals surface area contributed by atoms with Gasteiger partial charge in [-0.1, -0.05) is 57.9 Å². The van der Waals surface area contributed by atoms with Gasteiger partial charge in [0.25, 0.3) is 5.91 Å². The summed E-state index contributed by atoms with van der Waals surface area (Å²) in [5, 5.41) is 24.7. The SMILES string of the molecule is CC1CCC(=O)NC1.CC1NC=C(C(NC(=O)c2ccnn2C)C2CCCCC2)N1.CCC(C)=C(C(C)=N)C1CCCCC1. The highest BCUT2D eigenvalue weighted by molar-refractivity contribution is 5.96. The molecule has 3 heterocycles. The Morgan fingerprint density at radius 2 is 1.73 bits per heavy atom. The van der Waals surface area contributed by atoms with Gasteiger partial charge in [-0.15, -0.1) is 0 Å². The fraction of sp³-hybridized carbons (Fsp3) is 0.714. The summed E-state index contributed by atoms with van der Waals surface area (Å²) in [4.78, 5) is 23.1. The van der Waals surface area contributed by atoms with Crippen molar-refractivity contribution in [3.63, 3.8) is 0 Å². The molecule has 3 unspecified atom stereocenters. The standard InChI is InChI=1S/C16H25N5O.C13H23N.C6H11NO/c1-11-17-10-13(19-11)15(12-6-4-3-5-7-12)20-16(22)14-8-9-18-21(14)2;1-4-10(2)13(11(3)14)12-8-6-5-7-9-12;1-5-2-3-6(8)7-4-5/h8-12,15,17,19H,3-7H2,1-2H3,(H,20,22);12,14H,4-9H2,1-3H3;5H,2-4H2,1H3,(H,7,8). The van der Waals surface area contributed by atoms with E-state index >= 15 is 0 Å². The quantitative estimate of drug-likeness (QED) is 0.231. The van der Waals surface area contributed by atoms with Gasteiger partial charge in [0.05, 0.1) is 17.9 Å². The Morgan fingerprint density at radius 1 is 1.07 bits per heavy atom. The number of amides is 2. The molecule has 3 atom stereocenters. The number of allylic oxidation sites excluding steroid dienone is 2. The normalized spacial score (nSPS) is 23.6. The van der Waals surface area contributed by atoms with Crippen LogP contribution in [0.5, 0.6) is 0 Å². The van der Waals surface area contributed by atoms with Gasteiger partial charge in [-0.2, -0.15) is 5.10 Å². The molecule has 3 fully saturated rings. The molecule has 2 saturated carbocycles. The number of carbonyl (C=O) groups excluding carboxylic acids is 2. The highest BCUT2D eigenvalue weighted by Crippen LogP contribution is 2.33. The third kappa shape index (κ3) is 10.8. The van der Waals surface area contributed by atoms with E-state index < -0.39 is 0 Å². The van der Waals surface area contributed by atoms with Crippen LogP contribution < -0.4 is 21.3 Å². The van der Waals surface area contributed by atoms with Gasteiger partial charge in [-0.05, 0) is 88.7 Å². The molecule has 0 spiro atoms. The van der Waals surface area contributed by atoms with E-state index in [2.05, 4.69) is 54.1 Å². The lowest BCUT2D eigenvalue weighted by atomic mass is 9.80. The first-order chi connectivity index (χ1) is 21.1. The summed E-state index contributed by atoms with van der Waals surface area (Å²) in [6.45, 7) is 11.4. The minimum absolute atomic E-state index is 0.0418. The molecule has 9 nitrogen and oxygen atoms in total. The number of hydrogen-bond donors (Lipinski definition) is 5. The van der Waals surface area contributed by atoms with Crippen LogP contribution in [-0.2, 0) is 11.8 Å². The molecule has 2 amide bonds. The van der Waals surface area contributed by atoms with E-state index in [9.17, 15) is 9.59 Å². The van der Waals surface area contributed by atoms with E-state index in [1.54, 1.807) is 24.0 Å². The molecule has 9 heteroatoms. The molecule has 1 aromatic heterocycles. The Labute approximate surface area is 266 Å². The summed E-state index contributed by atoms with van der Waals surface area (Å²) in [7, 11) is 1.79. The molecule has 2 aliphatic heterocycles. The van der Waals surface area contributed by atoms with Crippen LogP contribution in [0.3, 0.4) is 0 Å². The molecular formula is C35H59N7O2. The molecule has 0 radical (unpaired) electrons. The van der Waals surface area contributed by atoms with Crippen molar-refractivity contribution in [2.75, 3.05) is 6.54 Å². The van der Waals surface area contributed by atoms with Crippen LogP contribution in [0.1, 0.15) is 129 Å².